The van der Waals surface area contributed by atoms with Crippen LogP contribution in [0.1, 0.15) is 12.8 Å². The SMILES string of the molecule is O=C(Nc1ccc(Cl)cn1)C1CCCN(CCOc2ccccc2[N+](=O)[O-])C1. The Morgan fingerprint density at radius 3 is 2.93 bits per heavy atom. The quantitative estimate of drug-likeness (QED) is 0.561. The molecule has 1 unspecified atom stereocenters. The van der Waals surface area contributed by atoms with Gasteiger partial charge in [-0.05, 0) is 37.6 Å². The van der Waals surface area contributed by atoms with Crippen molar-refractivity contribution in [3.63, 3.8) is 0 Å². The maximum atomic E-state index is 12.5. The largest absolute Gasteiger partial charge is 0.485 e. The molecule has 0 radical (unpaired) electrons. The zero-order chi connectivity index (χ0) is 19.9. The number of nitro groups is 1. The summed E-state index contributed by atoms with van der Waals surface area (Å²) in [5, 5.41) is 14.4. The molecule has 28 heavy (non-hydrogen) atoms. The molecule has 1 aliphatic heterocycles. The summed E-state index contributed by atoms with van der Waals surface area (Å²) in [4.78, 5) is 29.3. The maximum absolute atomic E-state index is 12.5. The van der Waals surface area contributed by atoms with Gasteiger partial charge in [-0.1, -0.05) is 23.7 Å². The number of amides is 1. The average Bonchev–Trinajstić information content (AvgIpc) is 2.70. The second-order valence-corrected chi connectivity index (χ2v) is 7.00. The van der Waals surface area contributed by atoms with Crippen LogP contribution in [0.5, 0.6) is 5.75 Å². The highest BCUT2D eigenvalue weighted by Gasteiger charge is 2.26. The molecule has 9 heteroatoms. The predicted octanol–water partition coefficient (Wildman–Crippen LogP) is 3.37. The van der Waals surface area contributed by atoms with Crippen LogP contribution in [0, 0.1) is 16.0 Å². The summed E-state index contributed by atoms with van der Waals surface area (Å²) >= 11 is 5.80. The van der Waals surface area contributed by atoms with Gasteiger partial charge in [0.1, 0.15) is 12.4 Å². The summed E-state index contributed by atoms with van der Waals surface area (Å²) in [6.45, 7) is 2.38. The first kappa shape index (κ1) is 20.0. The van der Waals surface area contributed by atoms with Gasteiger partial charge in [-0.15, -0.1) is 0 Å². The van der Waals surface area contributed by atoms with Crippen LogP contribution in [-0.4, -0.2) is 47.0 Å². The highest BCUT2D eigenvalue weighted by atomic mass is 35.5. The normalized spacial score (nSPS) is 17.1. The Balaban J connectivity index is 1.49. The van der Waals surface area contributed by atoms with E-state index in [-0.39, 0.29) is 23.3 Å². The van der Waals surface area contributed by atoms with Crippen LogP contribution in [0.25, 0.3) is 0 Å². The molecule has 3 rings (SSSR count). The summed E-state index contributed by atoms with van der Waals surface area (Å²) in [6.07, 6.45) is 3.20. The number of carbonyl (C=O) groups excluding carboxylic acids is 1. The summed E-state index contributed by atoms with van der Waals surface area (Å²) < 4.78 is 5.60. The topological polar surface area (TPSA) is 97.6 Å². The average molecular weight is 405 g/mol. The minimum absolute atomic E-state index is 0.0473. The van der Waals surface area contributed by atoms with Gasteiger partial charge in [0.05, 0.1) is 15.9 Å². The third-order valence-electron chi connectivity index (χ3n) is 4.58. The Bertz CT molecular complexity index is 831. The number of anilines is 1. The molecule has 0 bridgehead atoms. The Morgan fingerprint density at radius 1 is 1.36 bits per heavy atom. The lowest BCUT2D eigenvalue weighted by molar-refractivity contribution is -0.385. The molecule has 1 aliphatic rings. The van der Waals surface area contributed by atoms with Crippen LogP contribution < -0.4 is 10.1 Å². The van der Waals surface area contributed by atoms with E-state index in [4.69, 9.17) is 16.3 Å². The van der Waals surface area contributed by atoms with Crippen molar-refractivity contribution in [3.8, 4) is 5.75 Å². The molecule has 1 aromatic carbocycles. The van der Waals surface area contributed by atoms with Crippen molar-refractivity contribution in [2.45, 2.75) is 12.8 Å². The lowest BCUT2D eigenvalue weighted by Gasteiger charge is -2.31. The molecular formula is C19H21ClN4O4. The first-order chi connectivity index (χ1) is 13.5. The minimum Gasteiger partial charge on any atom is -0.485 e. The summed E-state index contributed by atoms with van der Waals surface area (Å²) in [6, 6.07) is 9.66. The molecule has 1 amide bonds. The number of likely N-dealkylation sites (tertiary alicyclic amines) is 1. The molecule has 0 aliphatic carbocycles. The fourth-order valence-corrected chi connectivity index (χ4v) is 3.28. The van der Waals surface area contributed by atoms with Gasteiger partial charge in [-0.2, -0.15) is 0 Å². The molecule has 1 aromatic heterocycles. The van der Waals surface area contributed by atoms with Crippen molar-refractivity contribution in [1.82, 2.24) is 9.88 Å². The van der Waals surface area contributed by atoms with Gasteiger partial charge in [-0.25, -0.2) is 4.98 Å². The summed E-state index contributed by atoms with van der Waals surface area (Å²) in [5.41, 5.74) is -0.0473. The first-order valence-electron chi connectivity index (χ1n) is 9.04. The van der Waals surface area contributed by atoms with Crippen LogP contribution in [0.3, 0.4) is 0 Å². The summed E-state index contributed by atoms with van der Waals surface area (Å²) in [7, 11) is 0. The number of carbonyl (C=O) groups is 1. The van der Waals surface area contributed by atoms with Crippen molar-refractivity contribution < 1.29 is 14.5 Å². The van der Waals surface area contributed by atoms with E-state index in [1.165, 1.54) is 12.3 Å². The highest BCUT2D eigenvalue weighted by Crippen LogP contribution is 2.26. The Hall–Kier alpha value is -2.71. The van der Waals surface area contributed by atoms with E-state index in [0.29, 0.717) is 30.5 Å². The van der Waals surface area contributed by atoms with Crippen molar-refractivity contribution in [2.24, 2.45) is 5.92 Å². The molecule has 0 saturated carbocycles. The van der Waals surface area contributed by atoms with E-state index in [1.54, 1.807) is 30.3 Å². The fourth-order valence-electron chi connectivity index (χ4n) is 3.17. The van der Waals surface area contributed by atoms with Crippen molar-refractivity contribution in [3.05, 3.63) is 57.7 Å². The molecule has 0 spiro atoms. The Morgan fingerprint density at radius 2 is 2.18 bits per heavy atom. The summed E-state index contributed by atoms with van der Waals surface area (Å²) in [5.74, 6) is 0.523. The van der Waals surface area contributed by atoms with E-state index in [1.807, 2.05) is 0 Å². The van der Waals surface area contributed by atoms with Crippen LogP contribution in [-0.2, 0) is 4.79 Å². The zero-order valence-electron chi connectivity index (χ0n) is 15.2. The number of ether oxygens (including phenoxy) is 1. The van der Waals surface area contributed by atoms with Crippen molar-refractivity contribution in [1.29, 1.82) is 0 Å². The molecule has 1 saturated heterocycles. The van der Waals surface area contributed by atoms with Gasteiger partial charge < -0.3 is 10.1 Å². The number of nitrogens with zero attached hydrogens (tertiary/aromatic N) is 3. The van der Waals surface area contributed by atoms with Gasteiger partial charge in [0.15, 0.2) is 5.75 Å². The van der Waals surface area contributed by atoms with E-state index in [9.17, 15) is 14.9 Å². The molecule has 1 atom stereocenters. The standard InChI is InChI=1S/C19H21ClN4O4/c20-15-7-8-18(21-12-15)22-19(25)14-4-3-9-23(13-14)10-11-28-17-6-2-1-5-16(17)24(26)27/h1-2,5-8,12,14H,3-4,9-11,13H2,(H,21,22,25). The zero-order valence-corrected chi connectivity index (χ0v) is 16.0. The Labute approximate surface area is 167 Å². The molecule has 2 heterocycles. The molecule has 1 N–H and O–H groups in total. The van der Waals surface area contributed by atoms with E-state index >= 15 is 0 Å². The predicted molar refractivity (Wildman–Crippen MR) is 106 cm³/mol. The van der Waals surface area contributed by atoms with Crippen LogP contribution in [0.15, 0.2) is 42.6 Å². The minimum atomic E-state index is -0.457. The number of para-hydroxylation sites is 2. The lowest BCUT2D eigenvalue weighted by Crippen LogP contribution is -2.42. The number of nitro benzene ring substituents is 1. The van der Waals surface area contributed by atoms with E-state index in [2.05, 4.69) is 15.2 Å². The number of nitrogens with one attached hydrogen (secondary N) is 1. The van der Waals surface area contributed by atoms with E-state index < -0.39 is 4.92 Å². The molecule has 148 valence electrons. The fraction of sp³-hybridized carbons (Fsp3) is 0.368. The van der Waals surface area contributed by atoms with Crippen LogP contribution in [0.4, 0.5) is 11.5 Å². The number of halogens is 1. The second kappa shape index (κ2) is 9.48. The van der Waals surface area contributed by atoms with Crippen LogP contribution in [0.2, 0.25) is 5.02 Å². The monoisotopic (exact) mass is 404 g/mol. The van der Waals surface area contributed by atoms with Crippen molar-refractivity contribution >= 4 is 29.0 Å². The third kappa shape index (κ3) is 5.40. The number of hydrogen-bond donors (Lipinski definition) is 1. The van der Waals surface area contributed by atoms with Crippen LogP contribution >= 0.6 is 11.6 Å². The van der Waals surface area contributed by atoms with E-state index in [0.717, 1.165) is 19.4 Å². The van der Waals surface area contributed by atoms with Crippen molar-refractivity contribution in [2.75, 3.05) is 31.6 Å². The maximum Gasteiger partial charge on any atom is 0.310 e. The Kier molecular flexibility index (Phi) is 6.78. The number of piperidine rings is 1. The number of aromatic nitrogens is 1. The highest BCUT2D eigenvalue weighted by molar-refractivity contribution is 6.30. The van der Waals surface area contributed by atoms with Gasteiger partial charge in [0.25, 0.3) is 0 Å². The number of benzene rings is 1. The molecule has 2 aromatic rings. The third-order valence-corrected chi connectivity index (χ3v) is 4.81. The smallest absolute Gasteiger partial charge is 0.310 e. The number of pyridine rings is 1. The number of hydrogen-bond acceptors (Lipinski definition) is 6. The molecular weight excluding hydrogens is 384 g/mol. The number of rotatable bonds is 7. The molecule has 8 nitrogen and oxygen atoms in total. The van der Waals surface area contributed by atoms with Gasteiger partial charge >= 0.3 is 5.69 Å². The van der Waals surface area contributed by atoms with Gasteiger partial charge in [0.2, 0.25) is 5.91 Å². The molecule has 1 fully saturated rings. The lowest BCUT2D eigenvalue weighted by atomic mass is 9.97. The van der Waals surface area contributed by atoms with Gasteiger partial charge in [0, 0.05) is 25.4 Å². The van der Waals surface area contributed by atoms with Gasteiger partial charge in [-0.3, -0.25) is 19.8 Å². The first-order valence-corrected chi connectivity index (χ1v) is 9.41. The second-order valence-electron chi connectivity index (χ2n) is 6.56.